The lowest BCUT2D eigenvalue weighted by atomic mass is 10.0. The molecule has 9 rings (SSSR count). The molecule has 7 aromatic carbocycles. The van der Waals surface area contributed by atoms with Crippen LogP contribution in [-0.4, -0.2) is 13.7 Å². The molecule has 0 saturated carbocycles. The first kappa shape index (κ1) is 28.5. The van der Waals surface area contributed by atoms with Crippen LogP contribution in [0.5, 0.6) is 0 Å². The smallest absolute Gasteiger partial charge is 0.309 e. The van der Waals surface area contributed by atoms with Crippen molar-refractivity contribution in [1.82, 2.24) is 13.7 Å². The Morgan fingerprint density at radius 3 is 1.41 bits per heavy atom. The maximum Gasteiger partial charge on any atom is 0.340 e. The average Bonchev–Trinajstić information content (AvgIpc) is 3.49. The summed E-state index contributed by atoms with van der Waals surface area (Å²) in [5.74, 6) is 0. The van der Waals surface area contributed by atoms with Gasteiger partial charge in [0.2, 0.25) is 0 Å². The van der Waals surface area contributed by atoms with Gasteiger partial charge in [-0.3, -0.25) is 9.36 Å². The van der Waals surface area contributed by atoms with Crippen LogP contribution in [0.3, 0.4) is 0 Å². The second-order valence-corrected chi connectivity index (χ2v) is 12.2. The van der Waals surface area contributed by atoms with Gasteiger partial charge in [0.05, 0.1) is 33.3 Å². The number of benzene rings is 7. The van der Waals surface area contributed by atoms with Gasteiger partial charge in [0.1, 0.15) is 0 Å². The fraction of sp³-hybridized carbons (Fsp3) is 0. The van der Waals surface area contributed by atoms with Crippen molar-refractivity contribution in [2.24, 2.45) is 0 Å². The molecular weight excluding hydrogens is 603 g/mol. The molecule has 0 spiro atoms. The van der Waals surface area contributed by atoms with E-state index in [-0.39, 0.29) is 5.56 Å². The number of aromatic nitrogens is 3. The van der Waals surface area contributed by atoms with Crippen molar-refractivity contribution in [3.8, 4) is 39.3 Å². The third kappa shape index (κ3) is 4.71. The lowest BCUT2D eigenvalue weighted by molar-refractivity contribution is 0.835. The van der Waals surface area contributed by atoms with Crippen LogP contribution in [0, 0.1) is 0 Å². The van der Waals surface area contributed by atoms with Gasteiger partial charge in [-0.2, -0.15) is 0 Å². The first-order valence-corrected chi connectivity index (χ1v) is 16.3. The topological polar surface area (TPSA) is 48.9 Å². The highest BCUT2D eigenvalue weighted by atomic mass is 16.2. The zero-order valence-corrected chi connectivity index (χ0v) is 26.4. The summed E-state index contributed by atoms with van der Waals surface area (Å²) in [5, 5.41) is 2.45. The first-order valence-electron chi connectivity index (χ1n) is 16.3. The van der Waals surface area contributed by atoms with Gasteiger partial charge < -0.3 is 4.57 Å². The summed E-state index contributed by atoms with van der Waals surface area (Å²) < 4.78 is 5.19. The molecule has 9 aromatic rings. The molecule has 232 valence electrons. The molecule has 0 radical (unpaired) electrons. The van der Waals surface area contributed by atoms with E-state index in [2.05, 4.69) is 41.0 Å². The predicted molar refractivity (Wildman–Crippen MR) is 200 cm³/mol. The van der Waals surface area contributed by atoms with E-state index in [1.165, 1.54) is 4.57 Å². The third-order valence-electron chi connectivity index (χ3n) is 9.28. The Hall–Kier alpha value is -6.72. The number of hydrogen-bond donors (Lipinski definition) is 0. The van der Waals surface area contributed by atoms with E-state index in [1.54, 1.807) is 4.57 Å². The van der Waals surface area contributed by atoms with Gasteiger partial charge in [0, 0.05) is 16.5 Å². The van der Waals surface area contributed by atoms with Crippen molar-refractivity contribution in [2.75, 3.05) is 0 Å². The van der Waals surface area contributed by atoms with Gasteiger partial charge in [0.15, 0.2) is 0 Å². The summed E-state index contributed by atoms with van der Waals surface area (Å²) in [5.41, 5.74) is 7.79. The molecule has 2 heterocycles. The Balaban J connectivity index is 1.40. The normalized spacial score (nSPS) is 11.4. The fourth-order valence-corrected chi connectivity index (χ4v) is 7.01. The van der Waals surface area contributed by atoms with Crippen LogP contribution < -0.4 is 11.2 Å². The Morgan fingerprint density at radius 2 is 0.776 bits per heavy atom. The van der Waals surface area contributed by atoms with Crippen LogP contribution in [-0.2, 0) is 0 Å². The number of fused-ring (bicyclic) bond motifs is 4. The molecule has 0 atom stereocenters. The highest BCUT2D eigenvalue weighted by Gasteiger charge is 2.21. The molecule has 5 nitrogen and oxygen atoms in total. The molecule has 0 aliphatic carbocycles. The number of rotatable bonds is 5. The highest BCUT2D eigenvalue weighted by molar-refractivity contribution is 6.13. The van der Waals surface area contributed by atoms with E-state index in [0.717, 1.165) is 49.7 Å². The second kappa shape index (κ2) is 11.5. The van der Waals surface area contributed by atoms with Crippen molar-refractivity contribution in [3.63, 3.8) is 0 Å². The molecule has 0 aliphatic rings. The van der Waals surface area contributed by atoms with E-state index in [0.29, 0.717) is 22.3 Å². The van der Waals surface area contributed by atoms with Crippen molar-refractivity contribution in [3.05, 3.63) is 197 Å². The van der Waals surface area contributed by atoms with E-state index in [1.807, 2.05) is 140 Å². The van der Waals surface area contributed by atoms with Gasteiger partial charge in [-0.1, -0.05) is 121 Å². The minimum Gasteiger partial charge on any atom is -0.309 e. The minimum absolute atomic E-state index is 0.368. The molecule has 0 saturated heterocycles. The van der Waals surface area contributed by atoms with E-state index >= 15 is 0 Å². The summed E-state index contributed by atoms with van der Waals surface area (Å²) >= 11 is 0. The Morgan fingerprint density at radius 1 is 0.306 bits per heavy atom. The molecule has 0 amide bonds. The van der Waals surface area contributed by atoms with Crippen molar-refractivity contribution in [2.45, 2.75) is 0 Å². The Labute approximate surface area is 281 Å². The van der Waals surface area contributed by atoms with Crippen molar-refractivity contribution in [1.29, 1.82) is 0 Å². The predicted octanol–water partition coefficient (Wildman–Crippen LogP) is 9.57. The molecule has 0 fully saturated rings. The summed E-state index contributed by atoms with van der Waals surface area (Å²) in [6.07, 6.45) is 0. The number of hydrogen-bond acceptors (Lipinski definition) is 2. The highest BCUT2D eigenvalue weighted by Crippen LogP contribution is 2.35. The van der Waals surface area contributed by atoms with E-state index in [9.17, 15) is 9.59 Å². The van der Waals surface area contributed by atoms with Gasteiger partial charge in [0.25, 0.3) is 5.56 Å². The molecular formula is C44H29N3O2. The Bertz CT molecular complexity index is 2800. The summed E-state index contributed by atoms with van der Waals surface area (Å²) in [4.78, 5) is 29.6. The van der Waals surface area contributed by atoms with Crippen LogP contribution >= 0.6 is 0 Å². The second-order valence-electron chi connectivity index (χ2n) is 12.2. The van der Waals surface area contributed by atoms with Gasteiger partial charge in [-0.25, -0.2) is 9.36 Å². The van der Waals surface area contributed by atoms with Crippen LogP contribution in [0.1, 0.15) is 0 Å². The molecule has 2 aromatic heterocycles. The van der Waals surface area contributed by atoms with Crippen LogP contribution in [0.15, 0.2) is 186 Å². The van der Waals surface area contributed by atoms with E-state index in [4.69, 9.17) is 0 Å². The van der Waals surface area contributed by atoms with Crippen LogP contribution in [0.25, 0.3) is 72.0 Å². The van der Waals surface area contributed by atoms with Crippen molar-refractivity contribution < 1.29 is 0 Å². The Kier molecular flexibility index (Phi) is 6.69. The largest absolute Gasteiger partial charge is 0.340 e. The molecule has 0 aliphatic heterocycles. The lowest BCUT2D eigenvalue weighted by Gasteiger charge is -2.16. The standard InChI is InChI=1S/C44H29N3O2/c48-43-39-29-41-38(37-24-10-11-25-40(37)45(41)34-20-8-3-9-21-34)28-42(39)46(35-22-12-18-32(26-35)30-14-4-1-5-15-30)44(49)47(43)36-23-13-19-33(27-36)31-16-6-2-7-17-31/h1-29H. The minimum atomic E-state index is -0.431. The average molecular weight is 632 g/mol. The SMILES string of the molecule is O=c1c2cc3c(cc2n(-c2cccc(-c4ccccc4)c2)c(=O)n1-c1cccc(-c2ccccc2)c1)c1ccccc1n3-c1ccccc1. The number of para-hydroxylation sites is 2. The zero-order chi connectivity index (χ0) is 32.9. The molecule has 0 bridgehead atoms. The number of nitrogens with zero attached hydrogens (tertiary/aromatic N) is 3. The maximum atomic E-state index is 14.8. The molecule has 5 heteroatoms. The summed E-state index contributed by atoms with van der Waals surface area (Å²) in [7, 11) is 0. The summed E-state index contributed by atoms with van der Waals surface area (Å²) in [6.45, 7) is 0. The van der Waals surface area contributed by atoms with Gasteiger partial charge >= 0.3 is 5.69 Å². The fourth-order valence-electron chi connectivity index (χ4n) is 7.01. The summed E-state index contributed by atoms with van der Waals surface area (Å²) in [6, 6.07) is 58.0. The quantitative estimate of drug-likeness (QED) is 0.190. The molecule has 49 heavy (non-hydrogen) atoms. The van der Waals surface area contributed by atoms with Crippen molar-refractivity contribution >= 4 is 32.7 Å². The first-order chi connectivity index (χ1) is 24.2. The van der Waals surface area contributed by atoms with E-state index < -0.39 is 5.69 Å². The maximum absolute atomic E-state index is 14.8. The van der Waals surface area contributed by atoms with Crippen LogP contribution in [0.4, 0.5) is 0 Å². The third-order valence-corrected chi connectivity index (χ3v) is 9.28. The van der Waals surface area contributed by atoms with Gasteiger partial charge in [-0.15, -0.1) is 0 Å². The van der Waals surface area contributed by atoms with Crippen LogP contribution in [0.2, 0.25) is 0 Å². The molecule has 0 unspecified atom stereocenters. The zero-order valence-electron chi connectivity index (χ0n) is 26.4. The van der Waals surface area contributed by atoms with Gasteiger partial charge in [-0.05, 0) is 76.9 Å². The lowest BCUT2D eigenvalue weighted by Crippen LogP contribution is -2.38. The molecule has 0 N–H and O–H groups in total. The monoisotopic (exact) mass is 631 g/mol.